The summed E-state index contributed by atoms with van der Waals surface area (Å²) in [6, 6.07) is 4.04. The van der Waals surface area contributed by atoms with Gasteiger partial charge in [-0.15, -0.1) is 11.3 Å². The van der Waals surface area contributed by atoms with E-state index in [1.165, 1.54) is 11.2 Å². The molecule has 126 valence electrons. The van der Waals surface area contributed by atoms with Crippen LogP contribution in [0.1, 0.15) is 18.0 Å². The van der Waals surface area contributed by atoms with E-state index < -0.39 is 24.5 Å². The average molecular weight is 347 g/mol. The van der Waals surface area contributed by atoms with Crippen molar-refractivity contribution in [1.29, 1.82) is 0 Å². The Hall–Kier alpha value is -2.07. The Kier molecular flexibility index (Phi) is 3.93. The molecule has 24 heavy (non-hydrogen) atoms. The molecule has 3 aromatic heterocycles. The minimum Gasteiger partial charge on any atom is -0.388 e. The number of ether oxygens (including phenoxy) is 1. The smallest absolute Gasteiger partial charge is 0.167 e. The first-order valence-corrected chi connectivity index (χ1v) is 8.48. The Labute approximate surface area is 141 Å². The van der Waals surface area contributed by atoms with Crippen molar-refractivity contribution in [3.8, 4) is 0 Å². The fourth-order valence-corrected chi connectivity index (χ4v) is 3.45. The van der Waals surface area contributed by atoms with Crippen molar-refractivity contribution in [2.75, 3.05) is 5.32 Å². The molecular formula is C15H17N5O3S. The van der Waals surface area contributed by atoms with Crippen LogP contribution >= 0.6 is 11.3 Å². The van der Waals surface area contributed by atoms with Crippen molar-refractivity contribution in [3.05, 3.63) is 35.0 Å². The molecule has 3 aromatic rings. The third-order valence-electron chi connectivity index (χ3n) is 4.12. The molecule has 4 rings (SSSR count). The van der Waals surface area contributed by atoms with Crippen LogP contribution in [0.25, 0.3) is 11.2 Å². The minimum absolute atomic E-state index is 0.458. The van der Waals surface area contributed by atoms with Gasteiger partial charge in [-0.05, 0) is 18.4 Å². The van der Waals surface area contributed by atoms with Crippen molar-refractivity contribution in [3.63, 3.8) is 0 Å². The van der Waals surface area contributed by atoms with E-state index in [0.717, 1.165) is 0 Å². The third-order valence-corrected chi connectivity index (χ3v) is 5.00. The van der Waals surface area contributed by atoms with Gasteiger partial charge in [0.05, 0.1) is 19.0 Å². The molecule has 4 heterocycles. The molecule has 0 amide bonds. The van der Waals surface area contributed by atoms with Gasteiger partial charge in [0.25, 0.3) is 0 Å². The summed E-state index contributed by atoms with van der Waals surface area (Å²) in [7, 11) is 0. The molecule has 0 radical (unpaired) electrons. The second-order valence-corrected chi connectivity index (χ2v) is 6.72. The number of imidazole rings is 1. The fourth-order valence-electron chi connectivity index (χ4n) is 2.81. The van der Waals surface area contributed by atoms with Crippen LogP contribution in [-0.4, -0.2) is 48.0 Å². The van der Waals surface area contributed by atoms with Crippen LogP contribution in [0.4, 0.5) is 5.82 Å². The quantitative estimate of drug-likeness (QED) is 0.650. The SMILES string of the molecule is C[C@H]1O[C@@H](n2cnc3c(NCc4cccs4)ncnc32)[C@H](O)[C@@H]1O. The number of aliphatic hydroxyl groups is 2. The van der Waals surface area contributed by atoms with Crippen LogP contribution in [0.5, 0.6) is 0 Å². The highest BCUT2D eigenvalue weighted by molar-refractivity contribution is 7.09. The minimum atomic E-state index is -1.03. The molecule has 0 aromatic carbocycles. The highest BCUT2D eigenvalue weighted by Crippen LogP contribution is 2.32. The van der Waals surface area contributed by atoms with E-state index in [1.54, 1.807) is 29.2 Å². The van der Waals surface area contributed by atoms with Gasteiger partial charge in [0.2, 0.25) is 0 Å². The zero-order valence-electron chi connectivity index (χ0n) is 12.9. The van der Waals surface area contributed by atoms with Crippen LogP contribution in [0.2, 0.25) is 0 Å². The van der Waals surface area contributed by atoms with E-state index in [0.29, 0.717) is 23.5 Å². The number of nitrogens with one attached hydrogen (secondary N) is 1. The number of hydrogen-bond acceptors (Lipinski definition) is 8. The van der Waals surface area contributed by atoms with E-state index in [1.807, 2.05) is 17.5 Å². The van der Waals surface area contributed by atoms with Crippen LogP contribution in [0.15, 0.2) is 30.2 Å². The average Bonchev–Trinajstić information content (AvgIpc) is 3.30. The highest BCUT2D eigenvalue weighted by atomic mass is 32.1. The monoisotopic (exact) mass is 347 g/mol. The molecule has 1 saturated heterocycles. The molecule has 9 heteroatoms. The Balaban J connectivity index is 1.64. The molecule has 1 aliphatic rings. The normalized spacial score (nSPS) is 27.0. The summed E-state index contributed by atoms with van der Waals surface area (Å²) >= 11 is 1.66. The standard InChI is InChI=1S/C15H17N5O3S/c1-8-11(21)12(22)15(23-8)20-7-19-10-13(17-6-18-14(10)20)16-5-9-3-2-4-24-9/h2-4,6-8,11-12,15,21-22H,5H2,1H3,(H,16,17,18)/t8-,11-,12-,15-/m1/s1. The molecule has 0 unspecified atom stereocenters. The summed E-state index contributed by atoms with van der Waals surface area (Å²) in [5.74, 6) is 0.619. The maximum absolute atomic E-state index is 10.2. The lowest BCUT2D eigenvalue weighted by molar-refractivity contribution is -0.0299. The maximum Gasteiger partial charge on any atom is 0.167 e. The number of hydrogen-bond donors (Lipinski definition) is 3. The topological polar surface area (TPSA) is 105 Å². The third kappa shape index (κ3) is 2.55. The molecule has 0 spiro atoms. The fraction of sp³-hybridized carbons (Fsp3) is 0.400. The zero-order valence-corrected chi connectivity index (χ0v) is 13.7. The van der Waals surface area contributed by atoms with Gasteiger partial charge in [-0.2, -0.15) is 0 Å². The van der Waals surface area contributed by atoms with Gasteiger partial charge >= 0.3 is 0 Å². The van der Waals surface area contributed by atoms with E-state index >= 15 is 0 Å². The highest BCUT2D eigenvalue weighted by Gasteiger charge is 2.42. The van der Waals surface area contributed by atoms with Gasteiger partial charge in [-0.3, -0.25) is 4.57 Å². The van der Waals surface area contributed by atoms with Crippen molar-refractivity contribution in [2.45, 2.75) is 38.0 Å². The molecule has 0 saturated carbocycles. The molecule has 8 nitrogen and oxygen atoms in total. The second kappa shape index (κ2) is 6.10. The zero-order chi connectivity index (χ0) is 16.7. The van der Waals surface area contributed by atoms with Gasteiger partial charge in [0.1, 0.15) is 18.5 Å². The summed E-state index contributed by atoms with van der Waals surface area (Å²) in [4.78, 5) is 14.0. The van der Waals surface area contributed by atoms with E-state index in [2.05, 4.69) is 20.3 Å². The predicted octanol–water partition coefficient (Wildman–Crippen LogP) is 1.14. The summed E-state index contributed by atoms with van der Waals surface area (Å²) < 4.78 is 7.27. The number of aromatic nitrogens is 4. The van der Waals surface area contributed by atoms with Gasteiger partial charge in [-0.1, -0.05) is 6.07 Å². The Morgan fingerprint density at radius 1 is 1.29 bits per heavy atom. The van der Waals surface area contributed by atoms with Gasteiger partial charge in [0.15, 0.2) is 23.2 Å². The number of fused-ring (bicyclic) bond motifs is 1. The molecule has 1 aliphatic heterocycles. The number of aliphatic hydroxyl groups excluding tert-OH is 2. The summed E-state index contributed by atoms with van der Waals surface area (Å²) in [6.45, 7) is 2.37. The van der Waals surface area contributed by atoms with Crippen molar-refractivity contribution in [1.82, 2.24) is 19.5 Å². The lowest BCUT2D eigenvalue weighted by Gasteiger charge is -2.16. The molecular weight excluding hydrogens is 330 g/mol. The van der Waals surface area contributed by atoms with Crippen molar-refractivity contribution in [2.24, 2.45) is 0 Å². The van der Waals surface area contributed by atoms with E-state index in [4.69, 9.17) is 4.74 Å². The van der Waals surface area contributed by atoms with E-state index in [-0.39, 0.29) is 0 Å². The maximum atomic E-state index is 10.2. The molecule has 4 atom stereocenters. The van der Waals surface area contributed by atoms with E-state index in [9.17, 15) is 10.2 Å². The first-order chi connectivity index (χ1) is 11.6. The number of nitrogens with zero attached hydrogens (tertiary/aromatic N) is 4. The van der Waals surface area contributed by atoms with Crippen LogP contribution in [0, 0.1) is 0 Å². The predicted molar refractivity (Wildman–Crippen MR) is 88.6 cm³/mol. The Morgan fingerprint density at radius 3 is 2.88 bits per heavy atom. The van der Waals surface area contributed by atoms with Crippen molar-refractivity contribution < 1.29 is 14.9 Å². The Morgan fingerprint density at radius 2 is 2.17 bits per heavy atom. The van der Waals surface area contributed by atoms with Crippen LogP contribution < -0.4 is 5.32 Å². The van der Waals surface area contributed by atoms with Crippen LogP contribution in [0.3, 0.4) is 0 Å². The lowest BCUT2D eigenvalue weighted by Crippen LogP contribution is -2.30. The molecule has 1 fully saturated rings. The number of rotatable bonds is 4. The lowest BCUT2D eigenvalue weighted by atomic mass is 10.1. The van der Waals surface area contributed by atoms with Gasteiger partial charge < -0.3 is 20.3 Å². The van der Waals surface area contributed by atoms with Crippen molar-refractivity contribution >= 4 is 28.3 Å². The first kappa shape index (κ1) is 15.5. The largest absolute Gasteiger partial charge is 0.388 e. The summed E-state index contributed by atoms with van der Waals surface area (Å²) in [5, 5.41) is 25.3. The van der Waals surface area contributed by atoms with Crippen LogP contribution in [-0.2, 0) is 11.3 Å². The molecule has 0 aliphatic carbocycles. The Bertz CT molecular complexity index is 837. The number of anilines is 1. The molecule has 3 N–H and O–H groups in total. The van der Waals surface area contributed by atoms with Gasteiger partial charge in [-0.25, -0.2) is 15.0 Å². The summed E-state index contributed by atoms with van der Waals surface area (Å²) in [6.07, 6.45) is -0.159. The second-order valence-electron chi connectivity index (χ2n) is 5.69. The summed E-state index contributed by atoms with van der Waals surface area (Å²) in [5.41, 5.74) is 1.14. The molecule has 0 bridgehead atoms. The number of thiophene rings is 1. The first-order valence-electron chi connectivity index (χ1n) is 7.60. The van der Waals surface area contributed by atoms with Gasteiger partial charge in [0, 0.05) is 4.88 Å².